The van der Waals surface area contributed by atoms with Gasteiger partial charge in [0.15, 0.2) is 0 Å². The molecule has 0 saturated heterocycles. The smallest absolute Gasteiger partial charge is 0.0722 e. The van der Waals surface area contributed by atoms with E-state index in [0.717, 1.165) is 27.4 Å². The second-order valence-corrected chi connectivity index (χ2v) is 7.85. The van der Waals surface area contributed by atoms with E-state index in [1.165, 1.54) is 21.7 Å². The van der Waals surface area contributed by atoms with E-state index in [4.69, 9.17) is 16.6 Å². The number of benzene rings is 4. The standard InChI is InChI=1S/C29H20ClN/c30-25-17-14-23(15-18-25)28-20-24(12-5-4-10-21-8-2-1-3-9-21)29-26-13-7-6-11-22(26)16-19-27(29)31-28/h1-20H/b10-4-,12-5+. The Morgan fingerprint density at radius 3 is 2.26 bits per heavy atom. The third kappa shape index (κ3) is 4.14. The summed E-state index contributed by atoms with van der Waals surface area (Å²) < 4.78 is 0. The highest BCUT2D eigenvalue weighted by Crippen LogP contribution is 2.32. The van der Waals surface area contributed by atoms with Gasteiger partial charge in [-0.2, -0.15) is 0 Å². The maximum absolute atomic E-state index is 6.09. The topological polar surface area (TPSA) is 12.9 Å². The van der Waals surface area contributed by atoms with Crippen molar-refractivity contribution >= 4 is 45.4 Å². The van der Waals surface area contributed by atoms with Crippen molar-refractivity contribution in [3.05, 3.63) is 125 Å². The van der Waals surface area contributed by atoms with E-state index in [1.807, 2.05) is 42.5 Å². The summed E-state index contributed by atoms with van der Waals surface area (Å²) >= 11 is 6.09. The van der Waals surface area contributed by atoms with Gasteiger partial charge in [0.25, 0.3) is 0 Å². The number of allylic oxidation sites excluding steroid dienone is 2. The largest absolute Gasteiger partial charge is 0.248 e. The summed E-state index contributed by atoms with van der Waals surface area (Å²) in [6.45, 7) is 0. The highest BCUT2D eigenvalue weighted by atomic mass is 35.5. The van der Waals surface area contributed by atoms with Crippen molar-refractivity contribution in [2.75, 3.05) is 0 Å². The van der Waals surface area contributed by atoms with Crippen LogP contribution in [0.25, 0.3) is 45.1 Å². The molecule has 0 spiro atoms. The van der Waals surface area contributed by atoms with E-state index in [-0.39, 0.29) is 0 Å². The molecule has 1 aromatic heterocycles. The predicted molar refractivity (Wildman–Crippen MR) is 134 cm³/mol. The minimum atomic E-state index is 0.724. The molecule has 31 heavy (non-hydrogen) atoms. The number of pyridine rings is 1. The first kappa shape index (κ1) is 19.3. The van der Waals surface area contributed by atoms with Gasteiger partial charge in [0.05, 0.1) is 11.2 Å². The first-order valence-electron chi connectivity index (χ1n) is 10.3. The lowest BCUT2D eigenvalue weighted by molar-refractivity contribution is 1.40. The predicted octanol–water partition coefficient (Wildman–Crippen LogP) is 8.44. The maximum Gasteiger partial charge on any atom is 0.0722 e. The molecule has 0 bridgehead atoms. The number of hydrogen-bond donors (Lipinski definition) is 0. The van der Waals surface area contributed by atoms with Gasteiger partial charge >= 0.3 is 0 Å². The Hall–Kier alpha value is -3.68. The fourth-order valence-corrected chi connectivity index (χ4v) is 3.95. The van der Waals surface area contributed by atoms with Crippen LogP contribution in [0.15, 0.2) is 109 Å². The number of fused-ring (bicyclic) bond motifs is 3. The Kier molecular flexibility index (Phi) is 5.35. The second kappa shape index (κ2) is 8.59. The van der Waals surface area contributed by atoms with E-state index >= 15 is 0 Å². The third-order valence-electron chi connectivity index (χ3n) is 5.34. The molecular formula is C29H20ClN. The van der Waals surface area contributed by atoms with Crippen molar-refractivity contribution in [1.82, 2.24) is 4.98 Å². The SMILES string of the molecule is Clc1ccc(-c2cc(/C=C/C=C\c3ccccc3)c3c(ccc4ccccc43)n2)cc1. The molecule has 0 fully saturated rings. The fraction of sp³-hybridized carbons (Fsp3) is 0. The molecule has 0 radical (unpaired) electrons. The molecule has 0 N–H and O–H groups in total. The van der Waals surface area contributed by atoms with Gasteiger partial charge in [0, 0.05) is 16.0 Å². The monoisotopic (exact) mass is 417 g/mol. The van der Waals surface area contributed by atoms with Crippen molar-refractivity contribution in [3.63, 3.8) is 0 Å². The molecule has 0 aliphatic heterocycles. The van der Waals surface area contributed by atoms with Crippen LogP contribution < -0.4 is 0 Å². The van der Waals surface area contributed by atoms with Crippen LogP contribution in [0.1, 0.15) is 11.1 Å². The zero-order valence-corrected chi connectivity index (χ0v) is 17.6. The van der Waals surface area contributed by atoms with E-state index in [9.17, 15) is 0 Å². The van der Waals surface area contributed by atoms with Crippen molar-refractivity contribution in [3.8, 4) is 11.3 Å². The van der Waals surface area contributed by atoms with Gasteiger partial charge in [0.1, 0.15) is 0 Å². The van der Waals surface area contributed by atoms with Gasteiger partial charge in [-0.25, -0.2) is 4.98 Å². The van der Waals surface area contributed by atoms with Gasteiger partial charge in [-0.15, -0.1) is 0 Å². The second-order valence-electron chi connectivity index (χ2n) is 7.41. The summed E-state index contributed by atoms with van der Waals surface area (Å²) in [6.07, 6.45) is 8.44. The molecule has 0 unspecified atom stereocenters. The Morgan fingerprint density at radius 1 is 0.677 bits per heavy atom. The molecule has 4 aromatic carbocycles. The van der Waals surface area contributed by atoms with Gasteiger partial charge < -0.3 is 0 Å². The Balaban J connectivity index is 1.65. The highest BCUT2D eigenvalue weighted by molar-refractivity contribution is 6.30. The van der Waals surface area contributed by atoms with Crippen molar-refractivity contribution < 1.29 is 0 Å². The quantitative estimate of drug-likeness (QED) is 0.211. The maximum atomic E-state index is 6.09. The zero-order chi connectivity index (χ0) is 21.0. The van der Waals surface area contributed by atoms with Crippen molar-refractivity contribution in [1.29, 1.82) is 0 Å². The van der Waals surface area contributed by atoms with Crippen LogP contribution in [0.5, 0.6) is 0 Å². The lowest BCUT2D eigenvalue weighted by atomic mass is 9.98. The summed E-state index contributed by atoms with van der Waals surface area (Å²) in [5.41, 5.74) is 5.29. The fourth-order valence-electron chi connectivity index (χ4n) is 3.83. The molecule has 5 rings (SSSR count). The van der Waals surface area contributed by atoms with Crippen LogP contribution in [0, 0.1) is 0 Å². The molecule has 1 nitrogen and oxygen atoms in total. The normalized spacial score (nSPS) is 11.8. The van der Waals surface area contributed by atoms with Gasteiger partial charge in [-0.3, -0.25) is 0 Å². The van der Waals surface area contributed by atoms with Crippen LogP contribution >= 0.6 is 11.6 Å². The van der Waals surface area contributed by atoms with Crippen molar-refractivity contribution in [2.45, 2.75) is 0 Å². The lowest BCUT2D eigenvalue weighted by Gasteiger charge is -2.10. The van der Waals surface area contributed by atoms with Crippen LogP contribution in [0.3, 0.4) is 0 Å². The summed E-state index contributed by atoms with van der Waals surface area (Å²) in [4.78, 5) is 4.97. The summed E-state index contributed by atoms with van der Waals surface area (Å²) in [5, 5.41) is 4.31. The molecule has 2 heteroatoms. The average molecular weight is 418 g/mol. The molecule has 0 atom stereocenters. The summed E-state index contributed by atoms with van der Waals surface area (Å²) in [6, 6.07) is 33.0. The van der Waals surface area contributed by atoms with E-state index in [0.29, 0.717) is 0 Å². The minimum absolute atomic E-state index is 0.724. The zero-order valence-electron chi connectivity index (χ0n) is 16.9. The Morgan fingerprint density at radius 2 is 1.42 bits per heavy atom. The molecule has 1 heterocycles. The lowest BCUT2D eigenvalue weighted by Crippen LogP contribution is -1.90. The third-order valence-corrected chi connectivity index (χ3v) is 5.60. The number of rotatable bonds is 4. The number of aromatic nitrogens is 1. The van der Waals surface area contributed by atoms with Crippen molar-refractivity contribution in [2.24, 2.45) is 0 Å². The molecule has 0 amide bonds. The Labute approximate surface area is 187 Å². The van der Waals surface area contributed by atoms with Crippen LogP contribution in [0.4, 0.5) is 0 Å². The van der Waals surface area contributed by atoms with E-state index in [2.05, 4.69) is 78.9 Å². The molecule has 0 saturated carbocycles. The molecule has 0 aliphatic carbocycles. The minimum Gasteiger partial charge on any atom is -0.248 e. The van der Waals surface area contributed by atoms with Crippen LogP contribution in [-0.2, 0) is 0 Å². The molecule has 5 aromatic rings. The molecular weight excluding hydrogens is 398 g/mol. The Bertz CT molecular complexity index is 1410. The van der Waals surface area contributed by atoms with Crippen LogP contribution in [-0.4, -0.2) is 4.98 Å². The van der Waals surface area contributed by atoms with E-state index < -0.39 is 0 Å². The van der Waals surface area contributed by atoms with E-state index in [1.54, 1.807) is 0 Å². The van der Waals surface area contributed by atoms with Gasteiger partial charge in [-0.05, 0) is 46.2 Å². The van der Waals surface area contributed by atoms with Crippen LogP contribution in [0.2, 0.25) is 5.02 Å². The van der Waals surface area contributed by atoms with Gasteiger partial charge in [-0.1, -0.05) is 109 Å². The van der Waals surface area contributed by atoms with Gasteiger partial charge in [0.2, 0.25) is 0 Å². The first-order chi connectivity index (χ1) is 15.3. The number of nitrogens with zero attached hydrogens (tertiary/aromatic N) is 1. The summed E-state index contributed by atoms with van der Waals surface area (Å²) in [7, 11) is 0. The number of hydrogen-bond acceptors (Lipinski definition) is 1. The highest BCUT2D eigenvalue weighted by Gasteiger charge is 2.09. The number of halogens is 1. The average Bonchev–Trinajstić information content (AvgIpc) is 2.82. The molecule has 0 aliphatic rings. The first-order valence-corrected chi connectivity index (χ1v) is 10.6. The molecule has 148 valence electrons. The summed E-state index contributed by atoms with van der Waals surface area (Å²) in [5.74, 6) is 0.